The molecule has 0 aliphatic carbocycles. The second-order valence-electron chi connectivity index (χ2n) is 7.49. The molecule has 7 heteroatoms. The number of ketones is 1. The average molecular weight is 442 g/mol. The van der Waals surface area contributed by atoms with Crippen LogP contribution >= 0.6 is 11.3 Å². The monoisotopic (exact) mass is 441 g/mol. The first kappa shape index (κ1) is 20.8. The molecule has 1 aliphatic heterocycles. The molecule has 0 saturated carbocycles. The fourth-order valence-corrected chi connectivity index (χ4v) is 6.17. The summed E-state index contributed by atoms with van der Waals surface area (Å²) in [5, 5.41) is 2.81. The first-order valence-electron chi connectivity index (χ1n) is 9.63. The van der Waals surface area contributed by atoms with Crippen LogP contribution in [0.1, 0.15) is 45.2 Å². The maximum Gasteiger partial charge on any atom is 0.231 e. The summed E-state index contributed by atoms with van der Waals surface area (Å²) in [6.07, 6.45) is 0. The van der Waals surface area contributed by atoms with E-state index in [1.54, 1.807) is 6.92 Å². The molecule has 1 aliphatic rings. The van der Waals surface area contributed by atoms with Gasteiger partial charge in [-0.3, -0.25) is 9.00 Å². The summed E-state index contributed by atoms with van der Waals surface area (Å²) >= 11 is 1.52. The third kappa shape index (κ3) is 4.04. The van der Waals surface area contributed by atoms with Gasteiger partial charge in [-0.05, 0) is 68.1 Å². The highest BCUT2D eigenvalue weighted by molar-refractivity contribution is 7.83. The van der Waals surface area contributed by atoms with Crippen LogP contribution in [-0.4, -0.2) is 21.8 Å². The van der Waals surface area contributed by atoms with Crippen molar-refractivity contribution in [2.24, 2.45) is 0 Å². The van der Waals surface area contributed by atoms with Gasteiger partial charge in [-0.25, -0.2) is 4.98 Å². The molecule has 1 aromatic heterocycles. The number of benzene rings is 2. The predicted octanol–water partition coefficient (Wildman–Crippen LogP) is 5.12. The molecule has 0 spiro atoms. The molecular weight excluding hydrogens is 418 g/mol. The lowest BCUT2D eigenvalue weighted by atomic mass is 9.92. The Bertz CT molecular complexity index is 1170. The normalized spacial score (nSPS) is 13.5. The summed E-state index contributed by atoms with van der Waals surface area (Å²) in [4.78, 5) is 16.7. The molecule has 1 atom stereocenters. The Balaban J connectivity index is 1.51. The van der Waals surface area contributed by atoms with Crippen LogP contribution in [0.3, 0.4) is 0 Å². The van der Waals surface area contributed by atoms with Gasteiger partial charge < -0.3 is 9.47 Å². The predicted molar refractivity (Wildman–Crippen MR) is 120 cm³/mol. The molecule has 156 valence electrons. The number of carbonyl (C=O) groups is 1. The van der Waals surface area contributed by atoms with E-state index in [4.69, 9.17) is 9.47 Å². The molecule has 0 saturated heterocycles. The van der Waals surface area contributed by atoms with Crippen molar-refractivity contribution in [1.82, 2.24) is 4.98 Å². The topological polar surface area (TPSA) is 65.5 Å². The molecule has 2 aromatic carbocycles. The molecule has 3 aromatic rings. The summed E-state index contributed by atoms with van der Waals surface area (Å²) in [5.74, 6) is 2.30. The number of ether oxygens (including phenoxy) is 2. The molecule has 1 unspecified atom stereocenters. The largest absolute Gasteiger partial charge is 0.454 e. The van der Waals surface area contributed by atoms with Crippen molar-refractivity contribution in [1.29, 1.82) is 0 Å². The number of aryl methyl sites for hydroxylation is 2. The van der Waals surface area contributed by atoms with E-state index in [0.29, 0.717) is 11.5 Å². The fourth-order valence-electron chi connectivity index (χ4n) is 3.90. The number of Topliss-reactive ketones (excluding diaryl/α,β-unsaturated/α-hetero) is 1. The van der Waals surface area contributed by atoms with E-state index in [1.165, 1.54) is 11.3 Å². The number of fused-ring (bicyclic) bond motifs is 1. The summed E-state index contributed by atoms with van der Waals surface area (Å²) < 4.78 is 23.7. The van der Waals surface area contributed by atoms with Gasteiger partial charge >= 0.3 is 0 Å². The number of aromatic nitrogens is 1. The van der Waals surface area contributed by atoms with E-state index in [2.05, 4.69) is 4.98 Å². The first-order valence-corrected chi connectivity index (χ1v) is 12.0. The SMILES string of the molecule is CC(=O)c1c(C)cc(C)c(CS(=O)Cc2csc(-c3ccc4c(c3)OCO4)n2)c1C. The molecule has 0 N–H and O–H groups in total. The summed E-state index contributed by atoms with van der Waals surface area (Å²) in [6, 6.07) is 7.77. The van der Waals surface area contributed by atoms with Crippen molar-refractivity contribution < 1.29 is 18.5 Å². The van der Waals surface area contributed by atoms with Gasteiger partial charge in [-0.1, -0.05) is 6.07 Å². The minimum atomic E-state index is -1.13. The highest BCUT2D eigenvalue weighted by atomic mass is 32.2. The smallest absolute Gasteiger partial charge is 0.231 e. The number of hydrogen-bond donors (Lipinski definition) is 0. The Kier molecular flexibility index (Phi) is 5.75. The van der Waals surface area contributed by atoms with E-state index >= 15 is 0 Å². The lowest BCUT2D eigenvalue weighted by molar-refractivity contribution is 0.101. The Morgan fingerprint density at radius 3 is 2.63 bits per heavy atom. The fraction of sp³-hybridized carbons (Fsp3) is 0.304. The maximum atomic E-state index is 12.9. The second-order valence-corrected chi connectivity index (χ2v) is 9.80. The third-order valence-electron chi connectivity index (χ3n) is 5.27. The number of carbonyl (C=O) groups excluding carboxylic acids is 1. The Hall–Kier alpha value is -2.51. The van der Waals surface area contributed by atoms with Gasteiger partial charge in [-0.15, -0.1) is 11.3 Å². The van der Waals surface area contributed by atoms with E-state index in [-0.39, 0.29) is 12.6 Å². The zero-order valence-electron chi connectivity index (χ0n) is 17.4. The molecule has 0 radical (unpaired) electrons. The van der Waals surface area contributed by atoms with E-state index in [1.807, 2.05) is 50.4 Å². The second kappa shape index (κ2) is 8.32. The maximum absolute atomic E-state index is 12.9. The van der Waals surface area contributed by atoms with Gasteiger partial charge in [-0.2, -0.15) is 0 Å². The summed E-state index contributed by atoms with van der Waals surface area (Å²) in [7, 11) is -1.13. The van der Waals surface area contributed by atoms with Gasteiger partial charge in [0.1, 0.15) is 5.01 Å². The zero-order chi connectivity index (χ0) is 21.4. The van der Waals surface area contributed by atoms with Crippen LogP contribution in [0.5, 0.6) is 11.5 Å². The number of hydrogen-bond acceptors (Lipinski definition) is 6. The first-order chi connectivity index (χ1) is 14.3. The highest BCUT2D eigenvalue weighted by Crippen LogP contribution is 2.36. The number of thiazole rings is 1. The van der Waals surface area contributed by atoms with Crippen LogP contribution in [0.2, 0.25) is 0 Å². The highest BCUT2D eigenvalue weighted by Gasteiger charge is 2.18. The van der Waals surface area contributed by atoms with Crippen molar-refractivity contribution >= 4 is 27.9 Å². The lowest BCUT2D eigenvalue weighted by Crippen LogP contribution is -2.09. The molecule has 0 fully saturated rings. The molecular formula is C23H23NO4S2. The van der Waals surface area contributed by atoms with Gasteiger partial charge in [0, 0.05) is 33.1 Å². The van der Waals surface area contributed by atoms with Crippen molar-refractivity contribution in [2.75, 3.05) is 6.79 Å². The Labute approximate surface area is 182 Å². The van der Waals surface area contributed by atoms with Gasteiger partial charge in [0.15, 0.2) is 17.3 Å². The molecule has 30 heavy (non-hydrogen) atoms. The van der Waals surface area contributed by atoms with Crippen LogP contribution in [0, 0.1) is 20.8 Å². The molecule has 0 amide bonds. The van der Waals surface area contributed by atoms with Gasteiger partial charge in [0.05, 0.1) is 11.4 Å². The van der Waals surface area contributed by atoms with E-state index < -0.39 is 10.8 Å². The van der Waals surface area contributed by atoms with Crippen LogP contribution < -0.4 is 9.47 Å². The van der Waals surface area contributed by atoms with Crippen molar-refractivity contribution in [3.63, 3.8) is 0 Å². The summed E-state index contributed by atoms with van der Waals surface area (Å²) in [6.45, 7) is 7.73. The number of rotatable bonds is 6. The van der Waals surface area contributed by atoms with Gasteiger partial charge in [0.2, 0.25) is 6.79 Å². The minimum absolute atomic E-state index is 0.0462. The van der Waals surface area contributed by atoms with E-state index in [0.717, 1.165) is 55.6 Å². The van der Waals surface area contributed by atoms with E-state index in [9.17, 15) is 9.00 Å². The standard InChI is InChI=1S/C23H23NO4S2/c1-13-7-14(2)22(16(4)25)15(3)19(13)11-30(26)10-18-9-29-23(24-18)17-5-6-20-21(8-17)28-12-27-20/h5-9H,10-12H2,1-4H3. The van der Waals surface area contributed by atoms with Crippen LogP contribution in [0.15, 0.2) is 29.6 Å². The Morgan fingerprint density at radius 1 is 1.10 bits per heavy atom. The third-order valence-corrected chi connectivity index (χ3v) is 7.44. The van der Waals surface area contributed by atoms with Crippen LogP contribution in [-0.2, 0) is 22.3 Å². The quantitative estimate of drug-likeness (QED) is 0.497. The lowest BCUT2D eigenvalue weighted by Gasteiger charge is -2.15. The number of nitrogens with zero attached hydrogens (tertiary/aromatic N) is 1. The van der Waals surface area contributed by atoms with Crippen molar-refractivity contribution in [3.8, 4) is 22.1 Å². The van der Waals surface area contributed by atoms with Crippen molar-refractivity contribution in [3.05, 3.63) is 63.2 Å². The summed E-state index contributed by atoms with van der Waals surface area (Å²) in [5.41, 5.74) is 6.48. The Morgan fingerprint density at radius 2 is 1.87 bits per heavy atom. The molecule has 4 rings (SSSR count). The molecule has 0 bridgehead atoms. The zero-order valence-corrected chi connectivity index (χ0v) is 19.0. The van der Waals surface area contributed by atoms with Crippen LogP contribution in [0.4, 0.5) is 0 Å². The van der Waals surface area contributed by atoms with Crippen LogP contribution in [0.25, 0.3) is 10.6 Å². The van der Waals surface area contributed by atoms with Crippen molar-refractivity contribution in [2.45, 2.75) is 39.2 Å². The average Bonchev–Trinajstić information content (AvgIpc) is 3.33. The minimum Gasteiger partial charge on any atom is -0.454 e. The van der Waals surface area contributed by atoms with Gasteiger partial charge in [0.25, 0.3) is 0 Å². The molecule has 2 heterocycles. The molecule has 5 nitrogen and oxygen atoms in total.